The van der Waals surface area contributed by atoms with Gasteiger partial charge in [0.1, 0.15) is 11.4 Å². The van der Waals surface area contributed by atoms with Crippen molar-refractivity contribution in [1.29, 1.82) is 0 Å². The number of aliphatic hydroxyl groups is 1. The molecular formula is C28H27F2N5O3. The molecule has 5 rings (SSSR count). The van der Waals surface area contributed by atoms with Crippen LogP contribution < -0.4 is 10.3 Å². The molecule has 3 heterocycles. The fourth-order valence-corrected chi connectivity index (χ4v) is 4.53. The van der Waals surface area contributed by atoms with Crippen molar-refractivity contribution >= 4 is 17.1 Å². The molecule has 4 aromatic rings. The number of hydrogen-bond donors (Lipinski definition) is 1. The van der Waals surface area contributed by atoms with Crippen LogP contribution in [0, 0.1) is 0 Å². The van der Waals surface area contributed by atoms with Crippen LogP contribution in [-0.2, 0) is 25.6 Å². The van der Waals surface area contributed by atoms with Crippen LogP contribution in [-0.4, -0.2) is 43.8 Å². The number of aromatic nitrogens is 4. The van der Waals surface area contributed by atoms with E-state index in [2.05, 4.69) is 15.0 Å². The molecule has 0 fully saturated rings. The molecule has 38 heavy (non-hydrogen) atoms. The van der Waals surface area contributed by atoms with E-state index >= 15 is 0 Å². The number of nitrogens with zero attached hydrogens (tertiary/aromatic N) is 5. The zero-order valence-electron chi connectivity index (χ0n) is 21.2. The molecule has 2 aromatic carbocycles. The van der Waals surface area contributed by atoms with Gasteiger partial charge in [-0.3, -0.25) is 19.2 Å². The number of halogens is 2. The van der Waals surface area contributed by atoms with Crippen molar-refractivity contribution in [3.63, 3.8) is 0 Å². The van der Waals surface area contributed by atoms with Gasteiger partial charge in [0.2, 0.25) is 0 Å². The highest BCUT2D eigenvalue weighted by atomic mass is 19.3. The van der Waals surface area contributed by atoms with Gasteiger partial charge in [-0.15, -0.1) is 0 Å². The van der Waals surface area contributed by atoms with Crippen molar-refractivity contribution in [2.24, 2.45) is 12.0 Å². The molecule has 0 radical (unpaired) electrons. The second-order valence-electron chi connectivity index (χ2n) is 9.78. The molecule has 0 atom stereocenters. The molecule has 0 amide bonds. The fourth-order valence-electron chi connectivity index (χ4n) is 4.53. The Morgan fingerprint density at radius 1 is 1.11 bits per heavy atom. The van der Waals surface area contributed by atoms with Crippen LogP contribution in [0.15, 0.2) is 70.2 Å². The van der Waals surface area contributed by atoms with E-state index in [9.17, 15) is 18.7 Å². The van der Waals surface area contributed by atoms with E-state index < -0.39 is 12.2 Å². The minimum atomic E-state index is -2.98. The van der Waals surface area contributed by atoms with Crippen LogP contribution >= 0.6 is 0 Å². The van der Waals surface area contributed by atoms with Gasteiger partial charge in [0, 0.05) is 36.8 Å². The first kappa shape index (κ1) is 25.5. The van der Waals surface area contributed by atoms with Crippen LogP contribution in [0.4, 0.5) is 8.78 Å². The largest absolute Gasteiger partial charge is 0.434 e. The summed E-state index contributed by atoms with van der Waals surface area (Å²) in [6.07, 6.45) is 7.58. The van der Waals surface area contributed by atoms with E-state index in [-0.39, 0.29) is 17.9 Å². The highest BCUT2D eigenvalue weighted by Crippen LogP contribution is 2.28. The highest BCUT2D eigenvalue weighted by Gasteiger charge is 2.20. The minimum absolute atomic E-state index is 0.0569. The fraction of sp³-hybridized carbons (Fsp3) is 0.286. The molecule has 0 unspecified atom stereocenters. The molecule has 8 nitrogen and oxygen atoms in total. The summed E-state index contributed by atoms with van der Waals surface area (Å²) in [5, 5.41) is 10.6. The average Bonchev–Trinajstić information content (AvgIpc) is 3.47. The van der Waals surface area contributed by atoms with Gasteiger partial charge in [0.15, 0.2) is 5.82 Å². The van der Waals surface area contributed by atoms with Gasteiger partial charge in [-0.1, -0.05) is 12.1 Å². The van der Waals surface area contributed by atoms with Gasteiger partial charge in [0.25, 0.3) is 5.56 Å². The molecule has 2 aromatic heterocycles. The molecule has 1 N–H and O–H groups in total. The number of allylic oxidation sites excluding steroid dienone is 1. The predicted molar refractivity (Wildman–Crippen MR) is 141 cm³/mol. The first-order valence-electron chi connectivity index (χ1n) is 12.1. The summed E-state index contributed by atoms with van der Waals surface area (Å²) in [6.45, 7) is 0.990. The first-order chi connectivity index (χ1) is 18.1. The van der Waals surface area contributed by atoms with Crippen LogP contribution in [0.5, 0.6) is 5.75 Å². The summed E-state index contributed by atoms with van der Waals surface area (Å²) >= 11 is 0. The number of hydrogen-bond acceptors (Lipinski definition) is 6. The van der Waals surface area contributed by atoms with Crippen LogP contribution in [0.2, 0.25) is 0 Å². The number of rotatable bonds is 8. The lowest BCUT2D eigenvalue weighted by atomic mass is 10.0. The Labute approximate surface area is 217 Å². The zero-order valence-corrected chi connectivity index (χ0v) is 21.2. The van der Waals surface area contributed by atoms with E-state index in [0.29, 0.717) is 40.8 Å². The molecule has 1 aliphatic heterocycles. The van der Waals surface area contributed by atoms with Gasteiger partial charge in [0.05, 0.1) is 24.0 Å². The second-order valence-corrected chi connectivity index (χ2v) is 9.78. The number of fused-ring (bicyclic) bond motifs is 1. The van der Waals surface area contributed by atoms with Crippen LogP contribution in [0.3, 0.4) is 0 Å². The number of alkyl halides is 2. The van der Waals surface area contributed by atoms with Gasteiger partial charge in [-0.05, 0) is 67.3 Å². The van der Waals surface area contributed by atoms with Crippen molar-refractivity contribution in [2.45, 2.75) is 39.0 Å². The topological polar surface area (TPSA) is 94.5 Å². The van der Waals surface area contributed by atoms with Crippen molar-refractivity contribution < 1.29 is 18.6 Å². The molecule has 0 saturated carbocycles. The highest BCUT2D eigenvalue weighted by molar-refractivity contribution is 5.84. The Bertz CT molecular complexity index is 1610. The minimum Gasteiger partial charge on any atom is -0.434 e. The summed E-state index contributed by atoms with van der Waals surface area (Å²) in [6, 6.07) is 10.5. The maximum absolute atomic E-state index is 13.2. The maximum atomic E-state index is 13.2. The molecule has 196 valence electrons. The molecule has 10 heteroatoms. The van der Waals surface area contributed by atoms with E-state index in [0.717, 1.165) is 16.7 Å². The van der Waals surface area contributed by atoms with Crippen molar-refractivity contribution in [2.75, 3.05) is 6.54 Å². The van der Waals surface area contributed by atoms with E-state index in [1.54, 1.807) is 68.5 Å². The summed E-state index contributed by atoms with van der Waals surface area (Å²) < 4.78 is 34.4. The monoisotopic (exact) mass is 519 g/mol. The quantitative estimate of drug-likeness (QED) is 0.376. The standard InChI is InChI=1S/C28H27F2N5O3/c1-28(2,37)26-32-14-21(15-33-26)19-5-6-22-23(12-19)35(34(3)25(22)36)16-20-11-17(10-18-8-9-31-13-18)4-7-24(20)38-27(29)30/h4-9,11-12,14-15,27,37H,10,13,16H2,1-3H3. The molecule has 0 bridgehead atoms. The summed E-state index contributed by atoms with van der Waals surface area (Å²) in [4.78, 5) is 25.8. The Kier molecular flexibility index (Phi) is 6.66. The smallest absolute Gasteiger partial charge is 0.387 e. The Morgan fingerprint density at radius 3 is 2.53 bits per heavy atom. The number of aliphatic imine (C=N–C) groups is 1. The summed E-state index contributed by atoms with van der Waals surface area (Å²) in [7, 11) is 1.64. The first-order valence-corrected chi connectivity index (χ1v) is 12.1. The van der Waals surface area contributed by atoms with E-state index in [1.807, 2.05) is 18.2 Å². The molecule has 1 aliphatic rings. The van der Waals surface area contributed by atoms with Crippen molar-refractivity contribution in [1.82, 2.24) is 19.3 Å². The van der Waals surface area contributed by atoms with Gasteiger partial charge in [-0.25, -0.2) is 9.97 Å². The lowest BCUT2D eigenvalue weighted by Gasteiger charge is -2.16. The third-order valence-corrected chi connectivity index (χ3v) is 6.50. The average molecular weight is 520 g/mol. The lowest BCUT2D eigenvalue weighted by molar-refractivity contribution is -0.0505. The lowest BCUT2D eigenvalue weighted by Crippen LogP contribution is -2.20. The predicted octanol–water partition coefficient (Wildman–Crippen LogP) is 4.23. The van der Waals surface area contributed by atoms with Crippen molar-refractivity contribution in [3.8, 4) is 16.9 Å². The number of ether oxygens (including phenoxy) is 1. The van der Waals surface area contributed by atoms with Crippen LogP contribution in [0.1, 0.15) is 30.8 Å². The molecule has 0 saturated heterocycles. The van der Waals surface area contributed by atoms with Gasteiger partial charge >= 0.3 is 6.61 Å². The van der Waals surface area contributed by atoms with Crippen LogP contribution in [0.25, 0.3) is 22.0 Å². The molecule has 0 spiro atoms. The van der Waals surface area contributed by atoms with E-state index in [4.69, 9.17) is 4.74 Å². The summed E-state index contributed by atoms with van der Waals surface area (Å²) in [5.74, 6) is 0.354. The maximum Gasteiger partial charge on any atom is 0.387 e. The zero-order chi connectivity index (χ0) is 27.0. The molecular weight excluding hydrogens is 492 g/mol. The van der Waals surface area contributed by atoms with Gasteiger partial charge < -0.3 is 9.84 Å². The third kappa shape index (κ3) is 5.12. The second kappa shape index (κ2) is 9.94. The Hall–Kier alpha value is -4.18. The normalized spacial score (nSPS) is 13.5. The Morgan fingerprint density at radius 2 is 1.87 bits per heavy atom. The SMILES string of the molecule is Cn1c(=O)c2ccc(-c3cnc(C(C)(C)O)nc3)cc2n1Cc1cc(CC2=CC=NC2)ccc1OC(F)F. The van der Waals surface area contributed by atoms with Gasteiger partial charge in [-0.2, -0.15) is 8.78 Å². The Balaban J connectivity index is 1.55. The van der Waals surface area contributed by atoms with E-state index in [1.165, 1.54) is 4.68 Å². The number of benzene rings is 2. The third-order valence-electron chi connectivity index (χ3n) is 6.50. The van der Waals surface area contributed by atoms with Crippen molar-refractivity contribution in [3.05, 3.63) is 87.7 Å². The molecule has 0 aliphatic carbocycles. The summed E-state index contributed by atoms with van der Waals surface area (Å²) in [5.41, 5.74) is 3.31.